The summed E-state index contributed by atoms with van der Waals surface area (Å²) >= 11 is 0. The Labute approximate surface area is 125 Å². The molecule has 2 N–H and O–H groups in total. The minimum absolute atomic E-state index is 0.0815. The Bertz CT molecular complexity index is 596. The van der Waals surface area contributed by atoms with Crippen molar-refractivity contribution >= 4 is 5.91 Å². The molecule has 0 radical (unpaired) electrons. The number of carbonyl (C=O) groups is 1. The lowest BCUT2D eigenvalue weighted by atomic mass is 9.94. The normalized spacial score (nSPS) is 21.6. The Kier molecular flexibility index (Phi) is 4.66. The number of hydrogen-bond acceptors (Lipinski definition) is 3. The highest BCUT2D eigenvalue weighted by molar-refractivity contribution is 5.94. The van der Waals surface area contributed by atoms with Crippen molar-refractivity contribution in [1.29, 1.82) is 0 Å². The molecule has 1 aliphatic rings. The lowest BCUT2D eigenvalue weighted by molar-refractivity contribution is -0.0107. The van der Waals surface area contributed by atoms with Crippen molar-refractivity contribution in [1.82, 2.24) is 4.90 Å². The van der Waals surface area contributed by atoms with Gasteiger partial charge in [0.05, 0.1) is 5.60 Å². The van der Waals surface area contributed by atoms with Crippen LogP contribution in [0.2, 0.25) is 0 Å². The van der Waals surface area contributed by atoms with Crippen molar-refractivity contribution in [2.24, 2.45) is 0 Å². The van der Waals surface area contributed by atoms with E-state index in [0.29, 0.717) is 18.7 Å². The molecule has 1 aromatic rings. The van der Waals surface area contributed by atoms with E-state index >= 15 is 0 Å². The lowest BCUT2D eigenvalue weighted by Crippen LogP contribution is -2.48. The number of amides is 1. The van der Waals surface area contributed by atoms with Gasteiger partial charge in [0.2, 0.25) is 0 Å². The van der Waals surface area contributed by atoms with E-state index in [0.717, 1.165) is 24.0 Å². The largest absolute Gasteiger partial charge is 0.388 e. The number of nitrogens with zero attached hydrogens (tertiary/aromatic N) is 1. The maximum atomic E-state index is 12.5. The number of rotatable bonds is 1. The van der Waals surface area contributed by atoms with Gasteiger partial charge < -0.3 is 15.1 Å². The van der Waals surface area contributed by atoms with E-state index in [1.54, 1.807) is 24.0 Å². The van der Waals surface area contributed by atoms with Gasteiger partial charge in [0.1, 0.15) is 6.61 Å². The molecule has 4 heteroatoms. The highest BCUT2D eigenvalue weighted by atomic mass is 16.3. The number of piperidine rings is 1. The summed E-state index contributed by atoms with van der Waals surface area (Å²) < 4.78 is 0. The number of aryl methyl sites for hydroxylation is 1. The third-order valence-corrected chi connectivity index (χ3v) is 3.75. The Hall–Kier alpha value is -1.83. The molecule has 112 valence electrons. The first-order valence-electron chi connectivity index (χ1n) is 7.15. The van der Waals surface area contributed by atoms with Crippen LogP contribution in [-0.2, 0) is 0 Å². The summed E-state index contributed by atoms with van der Waals surface area (Å²) in [5.41, 5.74) is 1.48. The minimum Gasteiger partial charge on any atom is -0.388 e. The second-order valence-electron chi connectivity index (χ2n) is 5.82. The fourth-order valence-electron chi connectivity index (χ4n) is 2.60. The SMILES string of the molecule is Cc1ccc(C(=O)N2CCCC(C)(O)C2)cc1C#CCO. The third kappa shape index (κ3) is 3.84. The topological polar surface area (TPSA) is 60.8 Å². The molecule has 0 saturated carbocycles. The van der Waals surface area contributed by atoms with Crippen LogP contribution in [0.3, 0.4) is 0 Å². The second kappa shape index (κ2) is 6.30. The summed E-state index contributed by atoms with van der Waals surface area (Å²) in [6.07, 6.45) is 1.53. The fourth-order valence-corrected chi connectivity index (χ4v) is 2.60. The number of β-amino-alcohol motifs (C(OH)–C–C–N with tert-alkyl or cyclic N) is 1. The van der Waals surface area contributed by atoms with E-state index in [-0.39, 0.29) is 12.5 Å². The van der Waals surface area contributed by atoms with Crippen molar-refractivity contribution in [3.63, 3.8) is 0 Å². The number of hydrogen-bond donors (Lipinski definition) is 2. The average Bonchev–Trinajstić information content (AvgIpc) is 2.44. The minimum atomic E-state index is -0.807. The van der Waals surface area contributed by atoms with E-state index in [9.17, 15) is 9.90 Å². The Morgan fingerprint density at radius 3 is 2.90 bits per heavy atom. The highest BCUT2D eigenvalue weighted by Crippen LogP contribution is 2.22. The molecule has 1 heterocycles. The molecular formula is C17H21NO3. The van der Waals surface area contributed by atoms with Crippen LogP contribution in [0.1, 0.15) is 41.3 Å². The number of carbonyl (C=O) groups excluding carboxylic acids is 1. The van der Waals surface area contributed by atoms with E-state index in [4.69, 9.17) is 5.11 Å². The first-order valence-corrected chi connectivity index (χ1v) is 7.15. The maximum absolute atomic E-state index is 12.5. The van der Waals surface area contributed by atoms with Gasteiger partial charge in [0, 0.05) is 24.2 Å². The van der Waals surface area contributed by atoms with Crippen molar-refractivity contribution in [3.05, 3.63) is 34.9 Å². The molecule has 0 aromatic heterocycles. The van der Waals surface area contributed by atoms with Gasteiger partial charge in [0.15, 0.2) is 0 Å². The van der Waals surface area contributed by atoms with Gasteiger partial charge in [-0.2, -0.15) is 0 Å². The maximum Gasteiger partial charge on any atom is 0.253 e. The number of benzene rings is 1. The number of aliphatic hydroxyl groups excluding tert-OH is 1. The fraction of sp³-hybridized carbons (Fsp3) is 0.471. The summed E-state index contributed by atoms with van der Waals surface area (Å²) in [6, 6.07) is 5.39. The van der Waals surface area contributed by atoms with Gasteiger partial charge in [-0.05, 0) is 44.4 Å². The number of aliphatic hydroxyl groups is 2. The van der Waals surface area contributed by atoms with E-state index in [1.165, 1.54) is 0 Å². The quantitative estimate of drug-likeness (QED) is 0.766. The Morgan fingerprint density at radius 1 is 1.48 bits per heavy atom. The molecule has 1 atom stereocenters. The second-order valence-corrected chi connectivity index (χ2v) is 5.82. The van der Waals surface area contributed by atoms with Crippen molar-refractivity contribution in [3.8, 4) is 11.8 Å². The van der Waals surface area contributed by atoms with Crippen molar-refractivity contribution in [2.45, 2.75) is 32.3 Å². The molecule has 2 rings (SSSR count). The van der Waals surface area contributed by atoms with Crippen LogP contribution in [0.4, 0.5) is 0 Å². The van der Waals surface area contributed by atoms with Crippen LogP contribution >= 0.6 is 0 Å². The molecule has 1 aliphatic heterocycles. The van der Waals surface area contributed by atoms with Gasteiger partial charge in [0.25, 0.3) is 5.91 Å². The summed E-state index contributed by atoms with van der Waals surface area (Å²) in [7, 11) is 0. The van der Waals surface area contributed by atoms with E-state index in [2.05, 4.69) is 11.8 Å². The highest BCUT2D eigenvalue weighted by Gasteiger charge is 2.31. The zero-order valence-corrected chi connectivity index (χ0v) is 12.5. The molecular weight excluding hydrogens is 266 g/mol. The van der Waals surface area contributed by atoms with Gasteiger partial charge in [-0.25, -0.2) is 0 Å². The van der Waals surface area contributed by atoms with Crippen LogP contribution in [-0.4, -0.2) is 46.3 Å². The predicted octanol–water partition coefficient (Wildman–Crippen LogP) is 1.33. The Morgan fingerprint density at radius 2 is 2.24 bits per heavy atom. The van der Waals surface area contributed by atoms with E-state index in [1.807, 2.05) is 13.0 Å². The van der Waals surface area contributed by atoms with Gasteiger partial charge in [-0.1, -0.05) is 17.9 Å². The summed E-state index contributed by atoms with van der Waals surface area (Å²) in [6.45, 7) is 4.51. The van der Waals surface area contributed by atoms with Crippen molar-refractivity contribution in [2.75, 3.05) is 19.7 Å². The van der Waals surface area contributed by atoms with Crippen LogP contribution < -0.4 is 0 Å². The summed E-state index contributed by atoms with van der Waals surface area (Å²) in [5, 5.41) is 18.9. The van der Waals surface area contributed by atoms with Gasteiger partial charge in [-0.3, -0.25) is 4.79 Å². The molecule has 21 heavy (non-hydrogen) atoms. The standard InChI is InChI=1S/C17H21NO3/c1-13-6-7-15(11-14(13)5-3-10-19)16(20)18-9-4-8-17(2,21)12-18/h6-7,11,19,21H,4,8-10,12H2,1-2H3. The first kappa shape index (κ1) is 15.6. The lowest BCUT2D eigenvalue weighted by Gasteiger charge is -2.36. The van der Waals surface area contributed by atoms with Crippen LogP contribution in [0, 0.1) is 18.8 Å². The molecule has 4 nitrogen and oxygen atoms in total. The monoisotopic (exact) mass is 287 g/mol. The number of likely N-dealkylation sites (tertiary alicyclic amines) is 1. The average molecular weight is 287 g/mol. The van der Waals surface area contributed by atoms with Gasteiger partial charge >= 0.3 is 0 Å². The van der Waals surface area contributed by atoms with Crippen LogP contribution in [0.25, 0.3) is 0 Å². The molecule has 1 aromatic carbocycles. The molecule has 0 aliphatic carbocycles. The summed E-state index contributed by atoms with van der Waals surface area (Å²) in [4.78, 5) is 14.2. The first-order chi connectivity index (χ1) is 9.93. The van der Waals surface area contributed by atoms with Crippen LogP contribution in [0.5, 0.6) is 0 Å². The molecule has 0 bridgehead atoms. The molecule has 1 fully saturated rings. The molecule has 0 spiro atoms. The zero-order valence-electron chi connectivity index (χ0n) is 12.5. The molecule has 1 saturated heterocycles. The van der Waals surface area contributed by atoms with Gasteiger partial charge in [-0.15, -0.1) is 0 Å². The smallest absolute Gasteiger partial charge is 0.253 e. The summed E-state index contributed by atoms with van der Waals surface area (Å²) in [5.74, 6) is 5.38. The van der Waals surface area contributed by atoms with E-state index < -0.39 is 5.60 Å². The Balaban J connectivity index is 2.23. The van der Waals surface area contributed by atoms with Crippen molar-refractivity contribution < 1.29 is 15.0 Å². The molecule has 1 amide bonds. The zero-order chi connectivity index (χ0) is 15.5. The predicted molar refractivity (Wildman–Crippen MR) is 80.9 cm³/mol. The molecule has 1 unspecified atom stereocenters. The third-order valence-electron chi connectivity index (χ3n) is 3.75. The van der Waals surface area contributed by atoms with Crippen LogP contribution in [0.15, 0.2) is 18.2 Å².